The minimum absolute atomic E-state index is 0.149. The maximum absolute atomic E-state index is 9.93. The molecule has 0 aromatic rings. The molecule has 1 atom stereocenters. The van der Waals surface area contributed by atoms with E-state index in [0.29, 0.717) is 12.8 Å². The van der Waals surface area contributed by atoms with E-state index in [0.717, 1.165) is 0 Å². The molecule has 0 bridgehead atoms. The van der Waals surface area contributed by atoms with Gasteiger partial charge in [-0.15, -0.1) is 19.6 Å². The van der Waals surface area contributed by atoms with E-state index in [1.54, 1.807) is 12.2 Å². The standard InChI is InChI=1S/C12H18O/c1-6-9-12(13,8-3)10-11(4,5)7-2/h3,6-7,13H,1-2,9-10H2,4-5H3. The third-order valence-corrected chi connectivity index (χ3v) is 2.05. The van der Waals surface area contributed by atoms with Gasteiger partial charge in [0, 0.05) is 6.42 Å². The molecule has 0 saturated heterocycles. The zero-order chi connectivity index (χ0) is 10.5. The summed E-state index contributed by atoms with van der Waals surface area (Å²) in [6.45, 7) is 11.3. The fraction of sp³-hybridized carbons (Fsp3) is 0.500. The summed E-state index contributed by atoms with van der Waals surface area (Å²) < 4.78 is 0. The molecule has 0 aliphatic rings. The van der Waals surface area contributed by atoms with E-state index in [2.05, 4.69) is 19.1 Å². The Balaban J connectivity index is 4.54. The van der Waals surface area contributed by atoms with Gasteiger partial charge in [-0.2, -0.15) is 0 Å². The fourth-order valence-corrected chi connectivity index (χ4v) is 1.25. The summed E-state index contributed by atoms with van der Waals surface area (Å²) in [5.74, 6) is 2.41. The average Bonchev–Trinajstić information content (AvgIpc) is 2.04. The molecule has 1 heteroatoms. The smallest absolute Gasteiger partial charge is 0.129 e. The summed E-state index contributed by atoms with van der Waals surface area (Å²) in [5.41, 5.74) is -1.23. The lowest BCUT2D eigenvalue weighted by Gasteiger charge is -2.29. The number of terminal acetylenes is 1. The molecule has 0 aliphatic carbocycles. The summed E-state index contributed by atoms with van der Waals surface area (Å²) in [5, 5.41) is 9.93. The average molecular weight is 178 g/mol. The van der Waals surface area contributed by atoms with Crippen LogP contribution in [0.1, 0.15) is 26.7 Å². The van der Waals surface area contributed by atoms with Crippen molar-refractivity contribution in [3.05, 3.63) is 25.3 Å². The van der Waals surface area contributed by atoms with Crippen LogP contribution in [0.2, 0.25) is 0 Å². The molecule has 0 heterocycles. The minimum atomic E-state index is -1.08. The van der Waals surface area contributed by atoms with E-state index in [9.17, 15) is 5.11 Å². The van der Waals surface area contributed by atoms with Crippen LogP contribution in [0, 0.1) is 17.8 Å². The lowest BCUT2D eigenvalue weighted by Crippen LogP contribution is -2.31. The van der Waals surface area contributed by atoms with Gasteiger partial charge in [-0.05, 0) is 11.8 Å². The first-order valence-electron chi connectivity index (χ1n) is 4.34. The molecule has 1 nitrogen and oxygen atoms in total. The molecule has 0 rings (SSSR count). The minimum Gasteiger partial charge on any atom is -0.377 e. The predicted molar refractivity (Wildman–Crippen MR) is 57.2 cm³/mol. The second kappa shape index (κ2) is 4.30. The molecule has 13 heavy (non-hydrogen) atoms. The van der Waals surface area contributed by atoms with Crippen LogP contribution in [0.15, 0.2) is 25.3 Å². The summed E-state index contributed by atoms with van der Waals surface area (Å²) in [6.07, 6.45) is 9.64. The number of hydrogen-bond acceptors (Lipinski definition) is 1. The highest BCUT2D eigenvalue weighted by molar-refractivity contribution is 5.13. The molecule has 72 valence electrons. The van der Waals surface area contributed by atoms with Crippen LogP contribution < -0.4 is 0 Å². The molecule has 0 amide bonds. The van der Waals surface area contributed by atoms with E-state index in [4.69, 9.17) is 6.42 Å². The van der Waals surface area contributed by atoms with E-state index in [1.165, 1.54) is 0 Å². The quantitative estimate of drug-likeness (QED) is 0.506. The first-order valence-corrected chi connectivity index (χ1v) is 4.34. The Hall–Kier alpha value is -1.00. The molecule has 0 radical (unpaired) electrons. The maximum Gasteiger partial charge on any atom is 0.129 e. The van der Waals surface area contributed by atoms with Gasteiger partial charge < -0.3 is 5.11 Å². The second-order valence-corrected chi connectivity index (χ2v) is 4.04. The summed E-state index contributed by atoms with van der Waals surface area (Å²) >= 11 is 0. The van der Waals surface area contributed by atoms with Crippen molar-refractivity contribution in [2.45, 2.75) is 32.3 Å². The SMILES string of the molecule is C#CC(O)(CC=C)CC(C)(C)C=C. The first kappa shape index (κ1) is 12.0. The van der Waals surface area contributed by atoms with Crippen molar-refractivity contribution in [1.29, 1.82) is 0 Å². The molecule has 0 aromatic carbocycles. The van der Waals surface area contributed by atoms with Gasteiger partial charge in [0.05, 0.1) is 0 Å². The van der Waals surface area contributed by atoms with Gasteiger partial charge in [-0.1, -0.05) is 31.9 Å². The Morgan fingerprint density at radius 3 is 2.31 bits per heavy atom. The van der Waals surface area contributed by atoms with Crippen LogP contribution in [-0.2, 0) is 0 Å². The van der Waals surface area contributed by atoms with Crippen molar-refractivity contribution in [3.63, 3.8) is 0 Å². The topological polar surface area (TPSA) is 20.2 Å². The molecule has 0 saturated carbocycles. The zero-order valence-corrected chi connectivity index (χ0v) is 8.51. The van der Waals surface area contributed by atoms with Crippen LogP contribution in [0.5, 0.6) is 0 Å². The summed E-state index contributed by atoms with van der Waals surface area (Å²) in [6, 6.07) is 0. The molecule has 0 fully saturated rings. The van der Waals surface area contributed by atoms with Crippen molar-refractivity contribution in [3.8, 4) is 12.3 Å². The van der Waals surface area contributed by atoms with Crippen LogP contribution in [0.3, 0.4) is 0 Å². The predicted octanol–water partition coefficient (Wildman–Crippen LogP) is 2.53. The lowest BCUT2D eigenvalue weighted by molar-refractivity contribution is 0.0665. The summed E-state index contributed by atoms with van der Waals surface area (Å²) in [4.78, 5) is 0. The Bertz CT molecular complexity index is 232. The lowest BCUT2D eigenvalue weighted by atomic mass is 9.79. The highest BCUT2D eigenvalue weighted by Gasteiger charge is 2.29. The van der Waals surface area contributed by atoms with Crippen LogP contribution in [-0.4, -0.2) is 10.7 Å². The molecular formula is C12H18O. The Morgan fingerprint density at radius 1 is 1.46 bits per heavy atom. The third kappa shape index (κ3) is 3.96. The normalized spacial score (nSPS) is 15.5. The Morgan fingerprint density at radius 2 is 2.00 bits per heavy atom. The van der Waals surface area contributed by atoms with Gasteiger partial charge in [-0.3, -0.25) is 0 Å². The molecule has 1 N–H and O–H groups in total. The molecule has 0 aliphatic heterocycles. The number of aliphatic hydroxyl groups is 1. The highest BCUT2D eigenvalue weighted by atomic mass is 16.3. The largest absolute Gasteiger partial charge is 0.377 e. The molecular weight excluding hydrogens is 160 g/mol. The van der Waals surface area contributed by atoms with Crippen LogP contribution >= 0.6 is 0 Å². The highest BCUT2D eigenvalue weighted by Crippen LogP contribution is 2.30. The number of hydrogen-bond donors (Lipinski definition) is 1. The number of allylic oxidation sites excluding steroid dienone is 1. The molecule has 0 aromatic heterocycles. The Kier molecular flexibility index (Phi) is 3.97. The van der Waals surface area contributed by atoms with Gasteiger partial charge in [0.1, 0.15) is 5.60 Å². The fourth-order valence-electron chi connectivity index (χ4n) is 1.25. The maximum atomic E-state index is 9.93. The van der Waals surface area contributed by atoms with E-state index >= 15 is 0 Å². The zero-order valence-electron chi connectivity index (χ0n) is 8.51. The third-order valence-electron chi connectivity index (χ3n) is 2.05. The van der Waals surface area contributed by atoms with Crippen molar-refractivity contribution >= 4 is 0 Å². The molecule has 0 spiro atoms. The van der Waals surface area contributed by atoms with Gasteiger partial charge in [0.25, 0.3) is 0 Å². The van der Waals surface area contributed by atoms with Gasteiger partial charge in [0.15, 0.2) is 0 Å². The monoisotopic (exact) mass is 178 g/mol. The van der Waals surface area contributed by atoms with E-state index in [-0.39, 0.29) is 5.41 Å². The van der Waals surface area contributed by atoms with E-state index in [1.807, 2.05) is 13.8 Å². The van der Waals surface area contributed by atoms with E-state index < -0.39 is 5.60 Å². The first-order chi connectivity index (χ1) is 5.89. The second-order valence-electron chi connectivity index (χ2n) is 4.04. The van der Waals surface area contributed by atoms with Crippen LogP contribution in [0.4, 0.5) is 0 Å². The van der Waals surface area contributed by atoms with Crippen LogP contribution in [0.25, 0.3) is 0 Å². The van der Waals surface area contributed by atoms with Crippen molar-refractivity contribution < 1.29 is 5.11 Å². The van der Waals surface area contributed by atoms with Gasteiger partial charge >= 0.3 is 0 Å². The number of rotatable bonds is 5. The summed E-state index contributed by atoms with van der Waals surface area (Å²) in [7, 11) is 0. The molecule has 1 unspecified atom stereocenters. The Labute approximate surface area is 81.2 Å². The van der Waals surface area contributed by atoms with Crippen molar-refractivity contribution in [2.24, 2.45) is 5.41 Å². The van der Waals surface area contributed by atoms with Crippen molar-refractivity contribution in [2.75, 3.05) is 0 Å². The van der Waals surface area contributed by atoms with Gasteiger partial charge in [0.2, 0.25) is 0 Å². The van der Waals surface area contributed by atoms with Gasteiger partial charge in [-0.25, -0.2) is 0 Å². The van der Waals surface area contributed by atoms with Crippen molar-refractivity contribution in [1.82, 2.24) is 0 Å².